The van der Waals surface area contributed by atoms with Crippen LogP contribution >= 0.6 is 11.3 Å². The van der Waals surface area contributed by atoms with Gasteiger partial charge in [-0.15, -0.1) is 11.3 Å². The maximum atomic E-state index is 9.13. The number of thiazole rings is 1. The molecule has 0 amide bonds. The summed E-state index contributed by atoms with van der Waals surface area (Å²) in [6, 6.07) is 8.05. The van der Waals surface area contributed by atoms with E-state index in [1.54, 1.807) is 6.20 Å². The Bertz CT molecular complexity index is 525. The van der Waals surface area contributed by atoms with Gasteiger partial charge in [-0.3, -0.25) is 4.98 Å². The van der Waals surface area contributed by atoms with E-state index in [4.69, 9.17) is 5.26 Å². The molecule has 2 heterocycles. The fraction of sp³-hybridized carbons (Fsp3) is 0.308. The molecule has 2 aromatic rings. The van der Waals surface area contributed by atoms with E-state index in [-0.39, 0.29) is 11.8 Å². The number of hydrogen-bond acceptors (Lipinski definition) is 4. The molecule has 0 spiro atoms. The normalized spacial score (nSPS) is 12.4. The summed E-state index contributed by atoms with van der Waals surface area (Å²) in [5.74, 6) is 0.141. The Hall–Kier alpha value is -1.73. The first-order valence-electron chi connectivity index (χ1n) is 5.49. The van der Waals surface area contributed by atoms with Crippen molar-refractivity contribution in [3.05, 3.63) is 35.5 Å². The molecule has 1 unspecified atom stereocenters. The van der Waals surface area contributed by atoms with Crippen LogP contribution in [0.5, 0.6) is 0 Å². The van der Waals surface area contributed by atoms with Gasteiger partial charge in [-0.25, -0.2) is 4.98 Å². The van der Waals surface area contributed by atoms with Gasteiger partial charge in [-0.05, 0) is 18.1 Å². The van der Waals surface area contributed by atoms with Gasteiger partial charge in [0.15, 0.2) is 0 Å². The van der Waals surface area contributed by atoms with Crippen LogP contribution in [0.15, 0.2) is 29.8 Å². The second kappa shape index (κ2) is 5.07. The van der Waals surface area contributed by atoms with Crippen molar-refractivity contribution in [2.45, 2.75) is 19.8 Å². The van der Waals surface area contributed by atoms with Gasteiger partial charge < -0.3 is 0 Å². The van der Waals surface area contributed by atoms with E-state index in [9.17, 15) is 0 Å². The van der Waals surface area contributed by atoms with Gasteiger partial charge >= 0.3 is 0 Å². The average Bonchev–Trinajstić information content (AvgIpc) is 2.80. The van der Waals surface area contributed by atoms with Gasteiger partial charge in [0.2, 0.25) is 0 Å². The first kappa shape index (κ1) is 11.7. The molecule has 0 N–H and O–H groups in total. The zero-order valence-corrected chi connectivity index (χ0v) is 10.6. The highest BCUT2D eigenvalue weighted by Crippen LogP contribution is 2.28. The number of pyridine rings is 1. The van der Waals surface area contributed by atoms with Crippen molar-refractivity contribution in [3.8, 4) is 16.8 Å². The lowest BCUT2D eigenvalue weighted by atomic mass is 9.95. The molecule has 0 aliphatic rings. The minimum atomic E-state index is -0.135. The SMILES string of the molecule is CC(C)C(C#N)c1csc(-c2ccccn2)n1. The topological polar surface area (TPSA) is 49.6 Å². The molecule has 86 valence electrons. The van der Waals surface area contributed by atoms with Crippen molar-refractivity contribution < 1.29 is 0 Å². The van der Waals surface area contributed by atoms with E-state index in [1.807, 2.05) is 37.4 Å². The van der Waals surface area contributed by atoms with Gasteiger partial charge in [0, 0.05) is 11.6 Å². The highest BCUT2D eigenvalue weighted by atomic mass is 32.1. The molecular formula is C13H13N3S. The predicted octanol–water partition coefficient (Wildman–Crippen LogP) is 3.47. The van der Waals surface area contributed by atoms with Crippen LogP contribution < -0.4 is 0 Å². The average molecular weight is 243 g/mol. The van der Waals surface area contributed by atoms with Crippen LogP contribution in [0.4, 0.5) is 0 Å². The summed E-state index contributed by atoms with van der Waals surface area (Å²) >= 11 is 1.54. The second-order valence-corrected chi connectivity index (χ2v) is 5.00. The number of aromatic nitrogens is 2. The summed E-state index contributed by atoms with van der Waals surface area (Å²) in [5.41, 5.74) is 1.72. The molecule has 4 heteroatoms. The van der Waals surface area contributed by atoms with Crippen molar-refractivity contribution in [1.29, 1.82) is 5.26 Å². The second-order valence-electron chi connectivity index (χ2n) is 4.14. The predicted molar refractivity (Wildman–Crippen MR) is 68.5 cm³/mol. The highest BCUT2D eigenvalue weighted by Gasteiger charge is 2.18. The Morgan fingerprint density at radius 1 is 1.35 bits per heavy atom. The Morgan fingerprint density at radius 3 is 2.76 bits per heavy atom. The molecule has 3 nitrogen and oxygen atoms in total. The minimum Gasteiger partial charge on any atom is -0.254 e. The standard InChI is InChI=1S/C13H13N3S/c1-9(2)10(7-14)12-8-17-13(16-12)11-5-3-4-6-15-11/h3-6,8-10H,1-2H3. The van der Waals surface area contributed by atoms with Gasteiger partial charge in [-0.1, -0.05) is 19.9 Å². The molecule has 0 aliphatic carbocycles. The lowest BCUT2D eigenvalue weighted by Gasteiger charge is -2.08. The van der Waals surface area contributed by atoms with Gasteiger partial charge in [0.05, 0.1) is 23.4 Å². The van der Waals surface area contributed by atoms with E-state index in [0.29, 0.717) is 0 Å². The van der Waals surface area contributed by atoms with Crippen LogP contribution in [0.25, 0.3) is 10.7 Å². The lowest BCUT2D eigenvalue weighted by molar-refractivity contribution is 0.578. The molecule has 0 fully saturated rings. The Morgan fingerprint density at radius 2 is 2.18 bits per heavy atom. The Kier molecular flexibility index (Phi) is 3.50. The summed E-state index contributed by atoms with van der Waals surface area (Å²) in [4.78, 5) is 8.76. The van der Waals surface area contributed by atoms with E-state index >= 15 is 0 Å². The maximum absolute atomic E-state index is 9.13. The van der Waals surface area contributed by atoms with Crippen LogP contribution in [0.3, 0.4) is 0 Å². The van der Waals surface area contributed by atoms with Crippen molar-refractivity contribution in [1.82, 2.24) is 9.97 Å². The summed E-state index contributed by atoms with van der Waals surface area (Å²) in [7, 11) is 0. The number of rotatable bonds is 3. The van der Waals surface area contributed by atoms with Gasteiger partial charge in [-0.2, -0.15) is 5.26 Å². The Balaban J connectivity index is 2.31. The molecule has 0 bridgehead atoms. The largest absolute Gasteiger partial charge is 0.254 e. The van der Waals surface area contributed by atoms with Crippen LogP contribution in [-0.2, 0) is 0 Å². The van der Waals surface area contributed by atoms with Gasteiger partial charge in [0.1, 0.15) is 5.01 Å². The quantitative estimate of drug-likeness (QED) is 0.829. The van der Waals surface area contributed by atoms with E-state index in [2.05, 4.69) is 16.0 Å². The number of hydrogen-bond donors (Lipinski definition) is 0. The van der Waals surface area contributed by atoms with Crippen molar-refractivity contribution in [2.75, 3.05) is 0 Å². The number of nitriles is 1. The van der Waals surface area contributed by atoms with E-state index < -0.39 is 0 Å². The highest BCUT2D eigenvalue weighted by molar-refractivity contribution is 7.13. The molecule has 2 rings (SSSR count). The summed E-state index contributed by atoms with van der Waals surface area (Å²) in [6.45, 7) is 4.07. The molecule has 2 aromatic heterocycles. The molecule has 0 saturated heterocycles. The maximum Gasteiger partial charge on any atom is 0.142 e. The van der Waals surface area contributed by atoms with Crippen molar-refractivity contribution in [3.63, 3.8) is 0 Å². The molecule has 17 heavy (non-hydrogen) atoms. The van der Waals surface area contributed by atoms with Crippen molar-refractivity contribution >= 4 is 11.3 Å². The van der Waals surface area contributed by atoms with Crippen LogP contribution in [-0.4, -0.2) is 9.97 Å². The monoisotopic (exact) mass is 243 g/mol. The summed E-state index contributed by atoms with van der Waals surface area (Å²) < 4.78 is 0. The molecule has 0 radical (unpaired) electrons. The third kappa shape index (κ3) is 2.51. The first-order valence-corrected chi connectivity index (χ1v) is 6.36. The molecule has 0 aromatic carbocycles. The third-order valence-corrected chi connectivity index (χ3v) is 3.41. The van der Waals surface area contributed by atoms with Crippen molar-refractivity contribution in [2.24, 2.45) is 5.92 Å². The third-order valence-electron chi connectivity index (χ3n) is 2.53. The lowest BCUT2D eigenvalue weighted by Crippen LogP contribution is -2.04. The first-order chi connectivity index (χ1) is 8.22. The smallest absolute Gasteiger partial charge is 0.142 e. The molecular weight excluding hydrogens is 230 g/mol. The fourth-order valence-corrected chi connectivity index (χ4v) is 2.42. The molecule has 0 saturated carbocycles. The van der Waals surface area contributed by atoms with Crippen LogP contribution in [0.2, 0.25) is 0 Å². The molecule has 0 aliphatic heterocycles. The molecule has 1 atom stereocenters. The summed E-state index contributed by atoms with van der Waals surface area (Å²) in [6.07, 6.45) is 1.75. The zero-order valence-electron chi connectivity index (χ0n) is 9.79. The van der Waals surface area contributed by atoms with Crippen LogP contribution in [0.1, 0.15) is 25.5 Å². The van der Waals surface area contributed by atoms with E-state index in [1.165, 1.54) is 11.3 Å². The van der Waals surface area contributed by atoms with Gasteiger partial charge in [0.25, 0.3) is 0 Å². The fourth-order valence-electron chi connectivity index (χ4n) is 1.59. The Labute approximate surface area is 105 Å². The van der Waals surface area contributed by atoms with E-state index in [0.717, 1.165) is 16.4 Å². The van der Waals surface area contributed by atoms with Crippen LogP contribution in [0, 0.1) is 17.2 Å². The zero-order chi connectivity index (χ0) is 12.3. The number of nitrogens with zero attached hydrogens (tertiary/aromatic N) is 3. The summed E-state index contributed by atoms with van der Waals surface area (Å²) in [5, 5.41) is 12.0. The minimum absolute atomic E-state index is 0.135.